The van der Waals surface area contributed by atoms with E-state index in [4.69, 9.17) is 5.11 Å². The zero-order valence-electron chi connectivity index (χ0n) is 5.02. The van der Waals surface area contributed by atoms with Crippen molar-refractivity contribution in [2.75, 3.05) is 0 Å². The van der Waals surface area contributed by atoms with Crippen LogP contribution in [0.15, 0.2) is 24.4 Å². The first-order valence-corrected chi connectivity index (χ1v) is 2.45. The molecule has 0 saturated carbocycles. The highest BCUT2D eigenvalue weighted by Crippen LogP contribution is 1.90. The molecule has 0 atom stereocenters. The lowest BCUT2D eigenvalue weighted by atomic mass is 10.4. The number of halogens is 1. The molecule has 4 heteroatoms. The van der Waals surface area contributed by atoms with Gasteiger partial charge < -0.3 is 5.11 Å². The lowest BCUT2D eigenvalue weighted by Crippen LogP contribution is -1.97. The summed E-state index contributed by atoms with van der Waals surface area (Å²) in [6.45, 7) is 0. The Bertz CT molecular complexity index is 212. The number of carboxylic acids is 1. The second kappa shape index (κ2) is 3.55. The molecular formula is C6H6FNO2. The fourth-order valence-electron chi connectivity index (χ4n) is 0.489. The Balaban J connectivity index is 0.000000810. The van der Waals surface area contributed by atoms with Crippen LogP contribution in [0.1, 0.15) is 10.5 Å². The summed E-state index contributed by atoms with van der Waals surface area (Å²) >= 11 is 0. The first kappa shape index (κ1) is 8.55. The Kier molecular flexibility index (Phi) is 3.04. The molecule has 3 nitrogen and oxygen atoms in total. The molecule has 10 heavy (non-hydrogen) atoms. The van der Waals surface area contributed by atoms with E-state index in [0.717, 1.165) is 0 Å². The average molecular weight is 143 g/mol. The normalized spacial score (nSPS) is 8.00. The molecule has 0 bridgehead atoms. The van der Waals surface area contributed by atoms with Gasteiger partial charge in [-0.1, -0.05) is 6.07 Å². The van der Waals surface area contributed by atoms with Gasteiger partial charge in [-0.15, -0.1) is 0 Å². The minimum absolute atomic E-state index is 0. The molecule has 0 radical (unpaired) electrons. The molecule has 0 saturated heterocycles. The number of rotatable bonds is 1. The molecule has 0 fully saturated rings. The summed E-state index contributed by atoms with van der Waals surface area (Å²) in [7, 11) is 0. The monoisotopic (exact) mass is 143 g/mol. The smallest absolute Gasteiger partial charge is 0.354 e. The van der Waals surface area contributed by atoms with Crippen molar-refractivity contribution in [2.45, 2.75) is 0 Å². The van der Waals surface area contributed by atoms with Crippen LogP contribution in [0.4, 0.5) is 4.70 Å². The zero-order valence-corrected chi connectivity index (χ0v) is 5.02. The van der Waals surface area contributed by atoms with Crippen molar-refractivity contribution in [3.8, 4) is 0 Å². The molecule has 0 spiro atoms. The number of hydrogen-bond acceptors (Lipinski definition) is 2. The predicted octanol–water partition coefficient (Wildman–Crippen LogP) is 0.932. The Hall–Kier alpha value is -1.45. The number of nitrogens with zero attached hydrogens (tertiary/aromatic N) is 1. The highest BCUT2D eigenvalue weighted by molar-refractivity contribution is 5.85. The van der Waals surface area contributed by atoms with Crippen LogP contribution in [0.3, 0.4) is 0 Å². The van der Waals surface area contributed by atoms with Crippen LogP contribution in [0, 0.1) is 0 Å². The van der Waals surface area contributed by atoms with E-state index in [1.807, 2.05) is 0 Å². The van der Waals surface area contributed by atoms with Crippen LogP contribution in [0.5, 0.6) is 0 Å². The van der Waals surface area contributed by atoms with E-state index in [1.54, 1.807) is 12.1 Å². The van der Waals surface area contributed by atoms with E-state index < -0.39 is 5.97 Å². The predicted molar refractivity (Wildman–Crippen MR) is 33.7 cm³/mol. The van der Waals surface area contributed by atoms with Gasteiger partial charge in [-0.3, -0.25) is 4.70 Å². The zero-order chi connectivity index (χ0) is 6.69. The number of aromatic carboxylic acids is 1. The molecule has 0 aliphatic rings. The molecule has 0 aromatic carbocycles. The second-order valence-electron chi connectivity index (χ2n) is 1.52. The minimum Gasteiger partial charge on any atom is -0.477 e. The number of pyridine rings is 1. The van der Waals surface area contributed by atoms with E-state index >= 15 is 0 Å². The molecule has 1 rings (SSSR count). The molecule has 1 N–H and O–H groups in total. The van der Waals surface area contributed by atoms with Crippen LogP contribution in [-0.2, 0) is 0 Å². The fraction of sp³-hybridized carbons (Fsp3) is 0. The van der Waals surface area contributed by atoms with Crippen molar-refractivity contribution < 1.29 is 14.6 Å². The maximum absolute atomic E-state index is 10.1. The maximum atomic E-state index is 10.1. The highest BCUT2D eigenvalue weighted by Gasteiger charge is 1.98. The van der Waals surface area contributed by atoms with Crippen molar-refractivity contribution in [3.63, 3.8) is 0 Å². The van der Waals surface area contributed by atoms with Gasteiger partial charge in [0.25, 0.3) is 0 Å². The number of hydrogen-bond donors (Lipinski definition) is 1. The first-order chi connectivity index (χ1) is 4.30. The maximum Gasteiger partial charge on any atom is 0.354 e. The molecule has 0 unspecified atom stereocenters. The first-order valence-electron chi connectivity index (χ1n) is 2.45. The topological polar surface area (TPSA) is 50.2 Å². The Labute approximate surface area is 56.7 Å². The van der Waals surface area contributed by atoms with E-state index in [-0.39, 0.29) is 10.4 Å². The number of aromatic nitrogens is 1. The van der Waals surface area contributed by atoms with Crippen LogP contribution < -0.4 is 0 Å². The van der Waals surface area contributed by atoms with Crippen LogP contribution in [-0.4, -0.2) is 16.1 Å². The third-order valence-electron chi connectivity index (χ3n) is 0.884. The Morgan fingerprint density at radius 1 is 1.50 bits per heavy atom. The molecule has 1 aromatic rings. The molecule has 0 aliphatic heterocycles. The van der Waals surface area contributed by atoms with E-state index in [0.29, 0.717) is 0 Å². The lowest BCUT2D eigenvalue weighted by molar-refractivity contribution is 0.0690. The van der Waals surface area contributed by atoms with E-state index in [9.17, 15) is 4.79 Å². The highest BCUT2D eigenvalue weighted by atomic mass is 19.0. The SMILES string of the molecule is F.O=C(O)c1ccccn1. The van der Waals surface area contributed by atoms with Gasteiger partial charge in [0, 0.05) is 6.20 Å². The largest absolute Gasteiger partial charge is 0.477 e. The van der Waals surface area contributed by atoms with Gasteiger partial charge in [-0.05, 0) is 12.1 Å². The molecule has 1 heterocycles. The summed E-state index contributed by atoms with van der Waals surface area (Å²) in [5.41, 5.74) is 0.0810. The van der Waals surface area contributed by atoms with Gasteiger partial charge in [0.2, 0.25) is 0 Å². The number of carbonyl (C=O) groups is 1. The van der Waals surface area contributed by atoms with Gasteiger partial charge >= 0.3 is 5.97 Å². The van der Waals surface area contributed by atoms with Crippen molar-refractivity contribution in [2.24, 2.45) is 0 Å². The van der Waals surface area contributed by atoms with Gasteiger partial charge in [-0.25, -0.2) is 9.78 Å². The summed E-state index contributed by atoms with van der Waals surface area (Å²) in [5.74, 6) is -0.990. The standard InChI is InChI=1S/C6H5NO2.FH/c8-6(9)5-3-1-2-4-7-5;/h1-4H,(H,8,9);1H. The van der Waals surface area contributed by atoms with Crippen LogP contribution >= 0.6 is 0 Å². The summed E-state index contributed by atoms with van der Waals surface area (Å²) in [4.78, 5) is 13.7. The summed E-state index contributed by atoms with van der Waals surface area (Å²) in [5, 5.41) is 8.32. The van der Waals surface area contributed by atoms with E-state index in [1.165, 1.54) is 12.3 Å². The second-order valence-corrected chi connectivity index (χ2v) is 1.52. The number of carboxylic acid groups (broad SMARTS) is 1. The summed E-state index contributed by atoms with van der Waals surface area (Å²) < 4.78 is 0. The van der Waals surface area contributed by atoms with Crippen molar-refractivity contribution in [1.82, 2.24) is 4.98 Å². The summed E-state index contributed by atoms with van der Waals surface area (Å²) in [6, 6.07) is 4.76. The molecule has 54 valence electrons. The quantitative estimate of drug-likeness (QED) is 0.636. The van der Waals surface area contributed by atoms with Crippen LogP contribution in [0.25, 0.3) is 0 Å². The molecule has 1 aromatic heterocycles. The molecule has 0 aliphatic carbocycles. The van der Waals surface area contributed by atoms with Crippen molar-refractivity contribution in [3.05, 3.63) is 30.1 Å². The van der Waals surface area contributed by atoms with Gasteiger partial charge in [0.15, 0.2) is 0 Å². The molecular weight excluding hydrogens is 137 g/mol. The lowest BCUT2D eigenvalue weighted by Gasteiger charge is -1.87. The fourth-order valence-corrected chi connectivity index (χ4v) is 0.489. The summed E-state index contributed by atoms with van der Waals surface area (Å²) in [6.07, 6.45) is 1.45. The third-order valence-corrected chi connectivity index (χ3v) is 0.884. The van der Waals surface area contributed by atoms with Gasteiger partial charge in [0.1, 0.15) is 5.69 Å². The minimum atomic E-state index is -0.990. The average Bonchev–Trinajstić information content (AvgIpc) is 1.90. The Morgan fingerprint density at radius 2 is 2.20 bits per heavy atom. The van der Waals surface area contributed by atoms with Crippen molar-refractivity contribution >= 4 is 5.97 Å². The van der Waals surface area contributed by atoms with Gasteiger partial charge in [-0.2, -0.15) is 0 Å². The van der Waals surface area contributed by atoms with Crippen molar-refractivity contribution in [1.29, 1.82) is 0 Å². The third kappa shape index (κ3) is 1.81. The van der Waals surface area contributed by atoms with Gasteiger partial charge in [0.05, 0.1) is 0 Å². The van der Waals surface area contributed by atoms with Crippen LogP contribution in [0.2, 0.25) is 0 Å². The Morgan fingerprint density at radius 3 is 2.50 bits per heavy atom. The van der Waals surface area contributed by atoms with E-state index in [2.05, 4.69) is 4.98 Å². The molecule has 0 amide bonds.